The van der Waals surface area contributed by atoms with Crippen LogP contribution >= 0.6 is 0 Å². The largest absolute Gasteiger partial charge is 0.399 e. The Bertz CT molecular complexity index is 3020. The van der Waals surface area contributed by atoms with E-state index >= 15 is 0 Å². The van der Waals surface area contributed by atoms with Crippen LogP contribution in [0.2, 0.25) is 0 Å². The highest BCUT2D eigenvalue weighted by Crippen LogP contribution is 2.37. The molecular weight excluding hydrogens is 875 g/mol. The van der Waals surface area contributed by atoms with Crippen molar-refractivity contribution < 1.29 is 4.79 Å². The molecule has 4 N–H and O–H groups in total. The third-order valence-corrected chi connectivity index (χ3v) is 14.4. The lowest BCUT2D eigenvalue weighted by atomic mass is 9.97. The number of fused-ring (bicyclic) bond motifs is 2. The molecule has 2 aliphatic heterocycles. The lowest BCUT2D eigenvalue weighted by Gasteiger charge is -2.32. The molecule has 2 fully saturated rings. The number of urea groups is 1. The Hall–Kier alpha value is -7.21. The summed E-state index contributed by atoms with van der Waals surface area (Å²) in [6.07, 6.45) is 10.2. The average molecular weight is 940 g/mol. The summed E-state index contributed by atoms with van der Waals surface area (Å²) in [7, 11) is 4.39. The van der Waals surface area contributed by atoms with Crippen LogP contribution in [0.15, 0.2) is 164 Å². The van der Waals surface area contributed by atoms with Gasteiger partial charge in [-0.1, -0.05) is 115 Å². The number of nitrogens with zero attached hydrogens (tertiary/aromatic N) is 6. The van der Waals surface area contributed by atoms with Gasteiger partial charge >= 0.3 is 6.03 Å². The van der Waals surface area contributed by atoms with Crippen molar-refractivity contribution in [3.05, 3.63) is 214 Å². The first-order valence-corrected chi connectivity index (χ1v) is 25.2. The highest BCUT2D eigenvalue weighted by atomic mass is 16.2. The fourth-order valence-corrected chi connectivity index (χ4v) is 10.1. The lowest BCUT2D eigenvalue weighted by Crippen LogP contribution is -2.43. The Kier molecular flexibility index (Phi) is 14.6. The van der Waals surface area contributed by atoms with Crippen LogP contribution in [0.1, 0.15) is 63.3 Å². The number of carbonyl (C=O) groups excluding carboxylic acids is 1. The SMILES string of the molecule is CN1CCN(Cc2ccc(-c3cnc4c(c3)C(c3cccc(N)c3)=CC4)cc2)CC1.C[C@@H](NC(=O)Nc1cccc(C2=CCc3ncc(-c4ccc(CN5CCN(C)CC5)cc4)cc32)c1)c1ccccc1. The van der Waals surface area contributed by atoms with Crippen molar-refractivity contribution in [2.75, 3.05) is 77.5 Å². The predicted molar refractivity (Wildman–Crippen MR) is 291 cm³/mol. The molecule has 2 saturated heterocycles. The van der Waals surface area contributed by atoms with Crippen LogP contribution in [0.5, 0.6) is 0 Å². The Morgan fingerprint density at radius 2 is 1.04 bits per heavy atom. The standard InChI is InChI=1S/C35H37N5O.C26H28N4/c1-25(27-7-4-3-5-8-27)37-35(41)38-31-10-6-9-29(21-31)32-15-16-34-33(32)22-30(23-36-34)28-13-11-26(12-14-28)24-40-19-17-39(2)18-20-40;1-29-11-13-30(14-12-29)18-19-5-7-20(8-6-19)22-16-25-24(9-10-26(25)28-17-22)21-3-2-4-23(27)15-21/h3-15,21-23,25H,16-20,24H2,1-2H3,(H2,37,38,41);2-9,15-17H,10-14,18,27H2,1H3/t25-;/m1./s1. The molecule has 2 aliphatic carbocycles. The van der Waals surface area contributed by atoms with Crippen molar-refractivity contribution in [1.82, 2.24) is 34.9 Å². The number of carbonyl (C=O) groups is 1. The van der Waals surface area contributed by atoms with Gasteiger partial charge in [-0.25, -0.2) is 4.79 Å². The van der Waals surface area contributed by atoms with E-state index in [9.17, 15) is 4.79 Å². The number of aromatic nitrogens is 2. The van der Waals surface area contributed by atoms with E-state index in [2.05, 4.69) is 129 Å². The second kappa shape index (κ2) is 21.8. The number of nitrogens with two attached hydrogens (primary N) is 1. The molecular formula is C61H65N9O. The first kappa shape index (κ1) is 47.5. The molecule has 1 atom stereocenters. The van der Waals surface area contributed by atoms with E-state index in [4.69, 9.17) is 15.7 Å². The number of nitrogen functional groups attached to an aromatic ring is 1. The average Bonchev–Trinajstić information content (AvgIpc) is 4.03. The number of hydrogen-bond acceptors (Lipinski definition) is 8. The molecule has 0 unspecified atom stereocenters. The topological polar surface area (TPSA) is 106 Å². The summed E-state index contributed by atoms with van der Waals surface area (Å²) in [5.41, 5.74) is 25.2. The van der Waals surface area contributed by atoms with Crippen LogP contribution in [0.3, 0.4) is 0 Å². The molecule has 7 aromatic rings. The number of nitrogens with one attached hydrogen (secondary N) is 2. The fourth-order valence-electron chi connectivity index (χ4n) is 10.1. The quantitative estimate of drug-likeness (QED) is 0.110. The van der Waals surface area contributed by atoms with Crippen LogP contribution in [0.4, 0.5) is 16.2 Å². The van der Waals surface area contributed by atoms with Gasteiger partial charge in [0, 0.05) is 124 Å². The van der Waals surface area contributed by atoms with Crippen LogP contribution in [-0.4, -0.2) is 102 Å². The number of likely N-dealkylation sites (N-methyl/N-ethyl adjacent to an activating group) is 2. The summed E-state index contributed by atoms with van der Waals surface area (Å²) >= 11 is 0. The molecule has 2 amide bonds. The van der Waals surface area contributed by atoms with Gasteiger partial charge in [0.15, 0.2) is 0 Å². The number of anilines is 2. The lowest BCUT2D eigenvalue weighted by molar-refractivity contribution is 0.148. The smallest absolute Gasteiger partial charge is 0.319 e. The van der Waals surface area contributed by atoms with Crippen molar-refractivity contribution >= 4 is 28.6 Å². The summed E-state index contributed by atoms with van der Waals surface area (Å²) < 4.78 is 0. The third kappa shape index (κ3) is 11.7. The maximum atomic E-state index is 12.7. The van der Waals surface area contributed by atoms with Gasteiger partial charge in [0.25, 0.3) is 0 Å². The molecule has 0 saturated carbocycles. The Morgan fingerprint density at radius 3 is 1.55 bits per heavy atom. The third-order valence-electron chi connectivity index (χ3n) is 14.4. The van der Waals surface area contributed by atoms with Crippen molar-refractivity contribution in [1.29, 1.82) is 0 Å². The van der Waals surface area contributed by atoms with E-state index in [0.29, 0.717) is 0 Å². The molecule has 11 rings (SSSR count). The Balaban J connectivity index is 0.000000172. The molecule has 0 radical (unpaired) electrons. The van der Waals surface area contributed by atoms with Gasteiger partial charge in [-0.2, -0.15) is 0 Å². The van der Waals surface area contributed by atoms with E-state index in [-0.39, 0.29) is 12.1 Å². The van der Waals surface area contributed by atoms with Gasteiger partial charge in [0.1, 0.15) is 0 Å². The minimum Gasteiger partial charge on any atom is -0.399 e. The normalized spacial score (nSPS) is 16.5. The van der Waals surface area contributed by atoms with Crippen molar-refractivity contribution in [2.45, 2.75) is 38.9 Å². The zero-order chi connectivity index (χ0) is 48.7. The second-order valence-corrected chi connectivity index (χ2v) is 19.6. The van der Waals surface area contributed by atoms with E-state index in [1.54, 1.807) is 0 Å². The first-order chi connectivity index (χ1) is 34.7. The Labute approximate surface area is 419 Å². The minimum absolute atomic E-state index is 0.0888. The summed E-state index contributed by atoms with van der Waals surface area (Å²) in [5.74, 6) is 0. The number of piperazine rings is 2. The molecule has 0 spiro atoms. The maximum absolute atomic E-state index is 12.7. The van der Waals surface area contributed by atoms with Gasteiger partial charge in [0.2, 0.25) is 0 Å². The summed E-state index contributed by atoms with van der Waals surface area (Å²) in [6.45, 7) is 13.1. The summed E-state index contributed by atoms with van der Waals surface area (Å²) in [5, 5.41) is 6.03. The minimum atomic E-state index is -0.223. The number of benzene rings is 5. The molecule has 10 nitrogen and oxygen atoms in total. The molecule has 71 heavy (non-hydrogen) atoms. The highest BCUT2D eigenvalue weighted by molar-refractivity contribution is 5.92. The number of hydrogen-bond donors (Lipinski definition) is 3. The van der Waals surface area contributed by atoms with E-state index < -0.39 is 0 Å². The zero-order valence-corrected chi connectivity index (χ0v) is 41.3. The number of amides is 2. The number of rotatable bonds is 11. The second-order valence-electron chi connectivity index (χ2n) is 19.6. The van der Waals surface area contributed by atoms with Gasteiger partial charge in [-0.3, -0.25) is 19.8 Å². The zero-order valence-electron chi connectivity index (χ0n) is 41.3. The molecule has 5 aromatic carbocycles. The van der Waals surface area contributed by atoms with E-state index in [1.807, 2.05) is 86.0 Å². The highest BCUT2D eigenvalue weighted by Gasteiger charge is 2.21. The van der Waals surface area contributed by atoms with Crippen molar-refractivity contribution in [3.8, 4) is 22.3 Å². The Morgan fingerprint density at radius 1 is 0.549 bits per heavy atom. The fraction of sp³-hybridized carbons (Fsp3) is 0.262. The van der Waals surface area contributed by atoms with Crippen molar-refractivity contribution in [2.24, 2.45) is 0 Å². The van der Waals surface area contributed by atoms with Gasteiger partial charge < -0.3 is 26.2 Å². The van der Waals surface area contributed by atoms with Crippen LogP contribution in [0, 0.1) is 0 Å². The predicted octanol–water partition coefficient (Wildman–Crippen LogP) is 10.4. The molecule has 4 aliphatic rings. The van der Waals surface area contributed by atoms with Gasteiger partial charge in [0.05, 0.1) is 17.4 Å². The van der Waals surface area contributed by atoms with Gasteiger partial charge in [-0.15, -0.1) is 0 Å². The summed E-state index contributed by atoms with van der Waals surface area (Å²) in [4.78, 5) is 32.2. The van der Waals surface area contributed by atoms with Crippen molar-refractivity contribution in [3.63, 3.8) is 0 Å². The molecule has 4 heterocycles. The van der Waals surface area contributed by atoms with E-state index in [0.717, 1.165) is 140 Å². The summed E-state index contributed by atoms with van der Waals surface area (Å²) in [6, 6.07) is 48.2. The molecule has 0 bridgehead atoms. The van der Waals surface area contributed by atoms with Crippen LogP contribution in [-0.2, 0) is 25.9 Å². The molecule has 360 valence electrons. The number of pyridine rings is 2. The van der Waals surface area contributed by atoms with Gasteiger partial charge in [-0.05, 0) is 108 Å². The molecule has 2 aromatic heterocycles. The van der Waals surface area contributed by atoms with Crippen LogP contribution in [0.25, 0.3) is 33.4 Å². The van der Waals surface area contributed by atoms with E-state index in [1.165, 1.54) is 33.4 Å². The van der Waals surface area contributed by atoms with Crippen LogP contribution < -0.4 is 16.4 Å². The number of allylic oxidation sites excluding steroid dienone is 2. The maximum Gasteiger partial charge on any atom is 0.319 e. The first-order valence-electron chi connectivity index (χ1n) is 25.2. The molecule has 10 heteroatoms. The monoisotopic (exact) mass is 940 g/mol.